The number of unbranched alkanes of at least 4 members (excludes halogenated alkanes) is 9. The number of rotatable bonds is 14. The van der Waals surface area contributed by atoms with Crippen LogP contribution in [0.4, 0.5) is 4.39 Å². The van der Waals surface area contributed by atoms with Crippen LogP contribution in [0.5, 0.6) is 0 Å². The second-order valence-corrected chi connectivity index (χ2v) is 10.4. The first-order valence-corrected chi connectivity index (χ1v) is 14.4. The van der Waals surface area contributed by atoms with Gasteiger partial charge in [0.15, 0.2) is 11.4 Å². The van der Waals surface area contributed by atoms with Crippen LogP contribution in [0.3, 0.4) is 0 Å². The third kappa shape index (κ3) is 6.89. The summed E-state index contributed by atoms with van der Waals surface area (Å²) in [7, 11) is 0. The molecule has 0 aliphatic heterocycles. The summed E-state index contributed by atoms with van der Waals surface area (Å²) in [6.07, 6.45) is 15.1. The molecule has 3 aromatic carbocycles. The summed E-state index contributed by atoms with van der Waals surface area (Å²) in [5, 5.41) is 1.89. The minimum atomic E-state index is -0.483. The third-order valence-corrected chi connectivity index (χ3v) is 7.56. The number of halogens is 1. The summed E-state index contributed by atoms with van der Waals surface area (Å²) in [4.78, 5) is 12.9. The number of benzene rings is 3. The molecule has 0 fully saturated rings. The van der Waals surface area contributed by atoms with E-state index in [1.165, 1.54) is 63.4 Å². The Bertz CT molecular complexity index is 1350. The van der Waals surface area contributed by atoms with Gasteiger partial charge in [0.25, 0.3) is 0 Å². The first-order valence-electron chi connectivity index (χ1n) is 14.4. The van der Waals surface area contributed by atoms with Gasteiger partial charge >= 0.3 is 5.63 Å². The Hall–Kier alpha value is -2.94. The topological polar surface area (TPSA) is 30.2 Å². The van der Waals surface area contributed by atoms with Gasteiger partial charge in [-0.1, -0.05) is 120 Å². The van der Waals surface area contributed by atoms with Gasteiger partial charge in [0.2, 0.25) is 0 Å². The Balaban J connectivity index is 1.49. The quantitative estimate of drug-likeness (QED) is 0.0979. The van der Waals surface area contributed by atoms with Crippen molar-refractivity contribution < 1.29 is 8.81 Å². The highest BCUT2D eigenvalue weighted by atomic mass is 19.1. The average Bonchev–Trinajstić information content (AvgIpc) is 2.92. The first kappa shape index (κ1) is 27.1. The predicted octanol–water partition coefficient (Wildman–Crippen LogP) is 10.2. The van der Waals surface area contributed by atoms with Gasteiger partial charge in [-0.15, -0.1) is 0 Å². The van der Waals surface area contributed by atoms with Crippen molar-refractivity contribution >= 4 is 21.7 Å². The molecule has 196 valence electrons. The van der Waals surface area contributed by atoms with Crippen molar-refractivity contribution in [3.05, 3.63) is 82.0 Å². The minimum absolute atomic E-state index is 0.0822. The highest BCUT2D eigenvalue weighted by Crippen LogP contribution is 2.30. The molecule has 0 amide bonds. The molecule has 37 heavy (non-hydrogen) atoms. The van der Waals surface area contributed by atoms with Gasteiger partial charge in [-0.3, -0.25) is 0 Å². The fourth-order valence-electron chi connectivity index (χ4n) is 5.27. The molecule has 0 atom stereocenters. The van der Waals surface area contributed by atoms with Crippen molar-refractivity contribution in [2.75, 3.05) is 0 Å². The zero-order valence-corrected chi connectivity index (χ0v) is 22.6. The summed E-state index contributed by atoms with van der Waals surface area (Å²) in [5.41, 5.74) is 3.60. The Labute approximate surface area is 220 Å². The Morgan fingerprint density at radius 2 is 1.22 bits per heavy atom. The monoisotopic (exact) mass is 500 g/mol. The molecule has 2 nitrogen and oxygen atoms in total. The molecule has 0 radical (unpaired) electrons. The number of hydrogen-bond donors (Lipinski definition) is 0. The lowest BCUT2D eigenvalue weighted by Crippen LogP contribution is -2.03. The van der Waals surface area contributed by atoms with Gasteiger partial charge in [0.05, 0.1) is 5.39 Å². The molecule has 0 bridgehead atoms. The van der Waals surface area contributed by atoms with E-state index < -0.39 is 5.63 Å². The summed E-state index contributed by atoms with van der Waals surface area (Å²) in [6, 6.07) is 18.2. The summed E-state index contributed by atoms with van der Waals surface area (Å²) in [6.45, 7) is 4.45. The summed E-state index contributed by atoms with van der Waals surface area (Å²) >= 11 is 0. The fraction of sp³-hybridized carbons (Fsp3) is 0.441. The highest BCUT2D eigenvalue weighted by molar-refractivity contribution is 6.05. The molecule has 0 saturated carbocycles. The van der Waals surface area contributed by atoms with E-state index >= 15 is 4.39 Å². The summed E-state index contributed by atoms with van der Waals surface area (Å²) < 4.78 is 20.9. The van der Waals surface area contributed by atoms with Crippen molar-refractivity contribution in [1.82, 2.24) is 0 Å². The molecular weight excluding hydrogens is 459 g/mol. The van der Waals surface area contributed by atoms with E-state index in [0.29, 0.717) is 22.8 Å². The van der Waals surface area contributed by atoms with Gasteiger partial charge in [0.1, 0.15) is 0 Å². The Morgan fingerprint density at radius 3 is 1.95 bits per heavy atom. The van der Waals surface area contributed by atoms with E-state index in [2.05, 4.69) is 38.1 Å². The number of fused-ring (bicyclic) bond motifs is 3. The maximum Gasteiger partial charge on any atom is 0.344 e. The molecule has 3 heteroatoms. The predicted molar refractivity (Wildman–Crippen MR) is 155 cm³/mol. The number of aryl methyl sites for hydroxylation is 2. The van der Waals surface area contributed by atoms with E-state index in [1.807, 2.05) is 30.3 Å². The van der Waals surface area contributed by atoms with Crippen LogP contribution in [0.25, 0.3) is 32.9 Å². The lowest BCUT2D eigenvalue weighted by Gasteiger charge is -2.10. The van der Waals surface area contributed by atoms with Crippen molar-refractivity contribution in [2.24, 2.45) is 0 Å². The van der Waals surface area contributed by atoms with Crippen LogP contribution < -0.4 is 5.63 Å². The van der Waals surface area contributed by atoms with E-state index in [0.717, 1.165) is 35.8 Å². The van der Waals surface area contributed by atoms with E-state index in [1.54, 1.807) is 0 Å². The summed E-state index contributed by atoms with van der Waals surface area (Å²) in [5.74, 6) is -0.387. The maximum absolute atomic E-state index is 15.4. The van der Waals surface area contributed by atoms with Crippen LogP contribution >= 0.6 is 0 Å². The molecule has 0 N–H and O–H groups in total. The molecule has 1 heterocycles. The number of hydrogen-bond acceptors (Lipinski definition) is 2. The standard InChI is InChI=1S/C34H41FO2/c1-3-5-7-8-9-10-11-13-15-27-20-23-30-29-22-21-28(24-31(29)34(36)37-33(30)32(27)35)26-18-16-25(17-19-26)14-12-6-4-2/h16-24H,3-15H2,1-2H3. The molecule has 1 aromatic heterocycles. The van der Waals surface area contributed by atoms with Gasteiger partial charge in [0, 0.05) is 10.8 Å². The molecule has 0 spiro atoms. The largest absolute Gasteiger partial charge is 0.419 e. The van der Waals surface area contributed by atoms with Gasteiger partial charge in [-0.25, -0.2) is 9.18 Å². The lowest BCUT2D eigenvalue weighted by molar-refractivity contribution is 0.520. The Morgan fingerprint density at radius 1 is 0.622 bits per heavy atom. The van der Waals surface area contributed by atoms with Crippen molar-refractivity contribution in [3.63, 3.8) is 0 Å². The Kier molecular flexibility index (Phi) is 9.93. The third-order valence-electron chi connectivity index (χ3n) is 7.56. The highest BCUT2D eigenvalue weighted by Gasteiger charge is 2.15. The van der Waals surface area contributed by atoms with Gasteiger partial charge in [-0.05, 0) is 54.0 Å². The molecule has 4 aromatic rings. The maximum atomic E-state index is 15.4. The smallest absolute Gasteiger partial charge is 0.344 e. The molecular formula is C34H41FO2. The molecule has 0 unspecified atom stereocenters. The second-order valence-electron chi connectivity index (χ2n) is 10.4. The van der Waals surface area contributed by atoms with Crippen LogP contribution in [-0.4, -0.2) is 0 Å². The van der Waals surface area contributed by atoms with Crippen molar-refractivity contribution in [3.8, 4) is 11.1 Å². The molecule has 0 saturated heterocycles. The van der Waals surface area contributed by atoms with Crippen LogP contribution in [0, 0.1) is 5.82 Å². The molecule has 4 rings (SSSR count). The zero-order valence-electron chi connectivity index (χ0n) is 22.6. The molecule has 0 aliphatic carbocycles. The fourth-order valence-corrected chi connectivity index (χ4v) is 5.27. The van der Waals surface area contributed by atoms with Crippen molar-refractivity contribution in [1.29, 1.82) is 0 Å². The van der Waals surface area contributed by atoms with Gasteiger partial charge in [-0.2, -0.15) is 0 Å². The van der Waals surface area contributed by atoms with Crippen LogP contribution in [0.1, 0.15) is 95.6 Å². The van der Waals surface area contributed by atoms with E-state index in [9.17, 15) is 4.79 Å². The van der Waals surface area contributed by atoms with Gasteiger partial charge < -0.3 is 4.42 Å². The minimum Gasteiger partial charge on any atom is -0.419 e. The van der Waals surface area contributed by atoms with Crippen molar-refractivity contribution in [2.45, 2.75) is 97.3 Å². The lowest BCUT2D eigenvalue weighted by atomic mass is 9.97. The van der Waals surface area contributed by atoms with E-state index in [4.69, 9.17) is 4.42 Å². The van der Waals surface area contributed by atoms with E-state index in [-0.39, 0.29) is 11.4 Å². The first-order chi connectivity index (χ1) is 18.1. The molecule has 0 aliphatic rings. The van der Waals surface area contributed by atoms with Crippen LogP contribution in [0.2, 0.25) is 0 Å². The second kappa shape index (κ2) is 13.6. The zero-order chi connectivity index (χ0) is 26.0. The van der Waals surface area contributed by atoms with Crippen LogP contribution in [-0.2, 0) is 12.8 Å². The SMILES string of the molecule is CCCCCCCCCCc1ccc2c(oc(=O)c3cc(-c4ccc(CCCCC)cc4)ccc32)c1F. The van der Waals surface area contributed by atoms with Crippen LogP contribution in [0.15, 0.2) is 63.8 Å². The average molecular weight is 501 g/mol. The normalized spacial score (nSPS) is 11.5.